The molecule has 0 spiro atoms. The highest BCUT2D eigenvalue weighted by Crippen LogP contribution is 2.25. The zero-order valence-electron chi connectivity index (χ0n) is 14.8. The zero-order valence-corrected chi connectivity index (χ0v) is 15.7. The number of hydrogen-bond donors (Lipinski definition) is 2. The minimum Gasteiger partial charge on any atom is -0.508 e. The Balaban J connectivity index is 1.60. The van der Waals surface area contributed by atoms with E-state index in [9.17, 15) is 23.1 Å². The van der Waals surface area contributed by atoms with Crippen molar-refractivity contribution in [1.82, 2.24) is 0 Å². The summed E-state index contributed by atoms with van der Waals surface area (Å²) in [6.45, 7) is -0.562. The second-order valence-electron chi connectivity index (χ2n) is 6.10. The lowest BCUT2D eigenvalue weighted by Gasteiger charge is -2.10. The van der Waals surface area contributed by atoms with E-state index in [4.69, 9.17) is 9.15 Å². The molecule has 146 valence electrons. The van der Waals surface area contributed by atoms with E-state index in [1.807, 2.05) is 0 Å². The molecule has 0 aliphatic carbocycles. The van der Waals surface area contributed by atoms with Gasteiger partial charge in [0.15, 0.2) is 16.4 Å². The molecule has 9 heteroatoms. The summed E-state index contributed by atoms with van der Waals surface area (Å²) in [5.41, 5.74) is 1.10. The van der Waals surface area contributed by atoms with Crippen molar-refractivity contribution in [3.63, 3.8) is 0 Å². The number of anilines is 1. The Hall–Kier alpha value is -3.33. The summed E-state index contributed by atoms with van der Waals surface area (Å²) in [5, 5.41) is 12.5. The van der Waals surface area contributed by atoms with Gasteiger partial charge < -0.3 is 19.6 Å². The molecule has 0 saturated carbocycles. The summed E-state index contributed by atoms with van der Waals surface area (Å²) in [4.78, 5) is 24.0. The predicted molar refractivity (Wildman–Crippen MR) is 101 cm³/mol. The standard InChI is InChI=1S/C19H17NO7S/c1-28(24,25)17-5-3-2-4-15(17)20-18(22)11-27-19(23)8-12-10-26-16-9-13(21)6-7-14(12)16/h2-7,9-10,21H,8,11H2,1H3,(H,20,22). The first kappa shape index (κ1) is 19.4. The van der Waals surface area contributed by atoms with E-state index in [2.05, 4.69) is 5.32 Å². The summed E-state index contributed by atoms with van der Waals surface area (Å²) < 4.78 is 33.7. The van der Waals surface area contributed by atoms with Crippen LogP contribution in [0.15, 0.2) is 58.0 Å². The average molecular weight is 403 g/mol. The number of furan rings is 1. The van der Waals surface area contributed by atoms with Crippen LogP contribution in [0.25, 0.3) is 11.0 Å². The van der Waals surface area contributed by atoms with E-state index in [1.54, 1.807) is 18.2 Å². The predicted octanol–water partition coefficient (Wildman–Crippen LogP) is 2.27. The number of phenolic OH excluding ortho intramolecular Hbond substituents is 1. The second kappa shape index (κ2) is 7.73. The number of esters is 1. The monoisotopic (exact) mass is 403 g/mol. The van der Waals surface area contributed by atoms with Crippen molar-refractivity contribution < 1.29 is 32.3 Å². The van der Waals surface area contributed by atoms with Gasteiger partial charge in [-0.05, 0) is 24.3 Å². The van der Waals surface area contributed by atoms with Crippen LogP contribution in [0.2, 0.25) is 0 Å². The number of nitrogens with one attached hydrogen (secondary N) is 1. The molecule has 0 aliphatic heterocycles. The topological polar surface area (TPSA) is 123 Å². The normalized spacial score (nSPS) is 11.3. The van der Waals surface area contributed by atoms with Crippen molar-refractivity contribution in [2.24, 2.45) is 0 Å². The number of rotatable bonds is 6. The van der Waals surface area contributed by atoms with Crippen molar-refractivity contribution >= 4 is 38.4 Å². The first-order valence-electron chi connectivity index (χ1n) is 8.17. The number of phenols is 1. The number of fused-ring (bicyclic) bond motifs is 1. The molecule has 0 unspecified atom stereocenters. The van der Waals surface area contributed by atoms with Crippen LogP contribution in [0.1, 0.15) is 5.56 Å². The third-order valence-corrected chi connectivity index (χ3v) is 5.05. The summed E-state index contributed by atoms with van der Waals surface area (Å²) in [6.07, 6.45) is 2.30. The Bertz CT molecular complexity index is 1150. The fourth-order valence-corrected chi connectivity index (χ4v) is 3.49. The van der Waals surface area contributed by atoms with E-state index in [-0.39, 0.29) is 22.8 Å². The number of hydrogen-bond acceptors (Lipinski definition) is 7. The first-order valence-corrected chi connectivity index (χ1v) is 10.1. The fourth-order valence-electron chi connectivity index (χ4n) is 2.64. The van der Waals surface area contributed by atoms with Crippen LogP contribution >= 0.6 is 0 Å². The van der Waals surface area contributed by atoms with E-state index in [1.165, 1.54) is 30.5 Å². The molecule has 3 rings (SSSR count). The molecule has 2 aromatic carbocycles. The van der Waals surface area contributed by atoms with Gasteiger partial charge in [0, 0.05) is 23.3 Å². The van der Waals surface area contributed by atoms with Crippen molar-refractivity contribution in [2.75, 3.05) is 18.2 Å². The summed E-state index contributed by atoms with van der Waals surface area (Å²) in [5.74, 6) is -1.27. The number of para-hydroxylation sites is 1. The van der Waals surface area contributed by atoms with E-state index in [0.717, 1.165) is 6.26 Å². The molecule has 2 N–H and O–H groups in total. The summed E-state index contributed by atoms with van der Waals surface area (Å²) in [6, 6.07) is 10.5. The molecule has 1 aromatic heterocycles. The second-order valence-corrected chi connectivity index (χ2v) is 8.08. The quantitative estimate of drug-likeness (QED) is 0.605. The molecule has 8 nitrogen and oxygen atoms in total. The maximum atomic E-state index is 12.0. The van der Waals surface area contributed by atoms with E-state index in [0.29, 0.717) is 16.5 Å². The number of aromatic hydroxyl groups is 1. The average Bonchev–Trinajstić information content (AvgIpc) is 3.01. The summed E-state index contributed by atoms with van der Waals surface area (Å²) >= 11 is 0. The van der Waals surface area contributed by atoms with Gasteiger partial charge in [0.25, 0.3) is 5.91 Å². The number of benzene rings is 2. The summed E-state index contributed by atoms with van der Waals surface area (Å²) in [7, 11) is -3.52. The largest absolute Gasteiger partial charge is 0.508 e. The van der Waals surface area contributed by atoms with Crippen LogP contribution in [-0.2, 0) is 30.6 Å². The van der Waals surface area contributed by atoms with Crippen molar-refractivity contribution in [3.8, 4) is 5.75 Å². The molecule has 0 bridgehead atoms. The van der Waals surface area contributed by atoms with E-state index < -0.39 is 28.3 Å². The smallest absolute Gasteiger partial charge is 0.310 e. The number of amides is 1. The van der Waals surface area contributed by atoms with Gasteiger partial charge in [-0.2, -0.15) is 0 Å². The van der Waals surface area contributed by atoms with Gasteiger partial charge in [0.1, 0.15) is 11.3 Å². The van der Waals surface area contributed by atoms with Gasteiger partial charge in [-0.3, -0.25) is 9.59 Å². The lowest BCUT2D eigenvalue weighted by atomic mass is 10.1. The lowest BCUT2D eigenvalue weighted by Crippen LogP contribution is -2.22. The molecule has 1 heterocycles. The number of carbonyl (C=O) groups is 2. The molecular formula is C19H17NO7S. The van der Waals surface area contributed by atoms with Gasteiger partial charge in [-0.15, -0.1) is 0 Å². The van der Waals surface area contributed by atoms with Crippen LogP contribution in [0.5, 0.6) is 5.75 Å². The third-order valence-electron chi connectivity index (χ3n) is 3.90. The zero-order chi connectivity index (χ0) is 20.3. The van der Waals surface area contributed by atoms with Crippen molar-refractivity contribution in [1.29, 1.82) is 0 Å². The van der Waals surface area contributed by atoms with Crippen molar-refractivity contribution in [3.05, 3.63) is 54.3 Å². The fraction of sp³-hybridized carbons (Fsp3) is 0.158. The van der Waals surface area contributed by atoms with E-state index >= 15 is 0 Å². The molecule has 0 aliphatic rings. The van der Waals surface area contributed by atoms with Crippen LogP contribution in [0.3, 0.4) is 0 Å². The highest BCUT2D eigenvalue weighted by atomic mass is 32.2. The maximum absolute atomic E-state index is 12.0. The SMILES string of the molecule is CS(=O)(=O)c1ccccc1NC(=O)COC(=O)Cc1coc2cc(O)ccc12. The minimum atomic E-state index is -3.52. The van der Waals surface area contributed by atoms with Gasteiger partial charge in [-0.1, -0.05) is 12.1 Å². The van der Waals surface area contributed by atoms with Crippen molar-refractivity contribution in [2.45, 2.75) is 11.3 Å². The molecule has 0 fully saturated rings. The highest BCUT2D eigenvalue weighted by molar-refractivity contribution is 7.90. The number of sulfone groups is 1. The Morgan fingerprint density at radius 3 is 2.68 bits per heavy atom. The maximum Gasteiger partial charge on any atom is 0.310 e. The molecular weight excluding hydrogens is 386 g/mol. The van der Waals surface area contributed by atoms with Gasteiger partial charge in [0.2, 0.25) is 0 Å². The van der Waals surface area contributed by atoms with Gasteiger partial charge in [-0.25, -0.2) is 8.42 Å². The van der Waals surface area contributed by atoms with Gasteiger partial charge in [0.05, 0.1) is 23.3 Å². The first-order chi connectivity index (χ1) is 13.2. The Kier molecular flexibility index (Phi) is 5.36. The lowest BCUT2D eigenvalue weighted by molar-refractivity contribution is -0.146. The molecule has 0 saturated heterocycles. The van der Waals surface area contributed by atoms with Crippen LogP contribution in [-0.4, -0.2) is 38.3 Å². The Labute approximate surface area is 160 Å². The minimum absolute atomic E-state index is 0.0252. The van der Waals surface area contributed by atoms with Gasteiger partial charge >= 0.3 is 5.97 Å². The number of carbonyl (C=O) groups excluding carboxylic acids is 2. The third kappa shape index (κ3) is 4.49. The molecule has 1 amide bonds. The highest BCUT2D eigenvalue weighted by Gasteiger charge is 2.16. The molecule has 28 heavy (non-hydrogen) atoms. The molecule has 0 radical (unpaired) electrons. The van der Waals surface area contributed by atoms with Crippen LogP contribution in [0.4, 0.5) is 5.69 Å². The number of ether oxygens (including phenoxy) is 1. The van der Waals surface area contributed by atoms with Crippen LogP contribution in [0, 0.1) is 0 Å². The molecule has 0 atom stereocenters. The Morgan fingerprint density at radius 1 is 1.18 bits per heavy atom. The van der Waals surface area contributed by atoms with Crippen LogP contribution < -0.4 is 5.32 Å². The molecule has 3 aromatic rings. The Morgan fingerprint density at radius 2 is 1.93 bits per heavy atom.